The van der Waals surface area contributed by atoms with Crippen LogP contribution in [-0.2, 0) is 6.54 Å². The molecule has 0 aliphatic carbocycles. The molecule has 21 heavy (non-hydrogen) atoms. The van der Waals surface area contributed by atoms with E-state index >= 15 is 0 Å². The maximum atomic E-state index is 9.90. The zero-order valence-electron chi connectivity index (χ0n) is 11.4. The fourth-order valence-corrected chi connectivity index (χ4v) is 2.04. The average molecular weight is 284 g/mol. The van der Waals surface area contributed by atoms with E-state index in [2.05, 4.69) is 4.98 Å². The molecule has 1 N–H and O–H groups in total. The zero-order chi connectivity index (χ0) is 14.5. The van der Waals surface area contributed by atoms with Crippen molar-refractivity contribution < 1.29 is 14.3 Å². The molecule has 0 fully saturated rings. The maximum absolute atomic E-state index is 9.90. The highest BCUT2D eigenvalue weighted by atomic mass is 16.5. The molecule has 3 rings (SSSR count). The predicted molar refractivity (Wildman–Crippen MR) is 77.9 cm³/mol. The van der Waals surface area contributed by atoms with Crippen LogP contribution in [0.5, 0.6) is 5.75 Å². The lowest BCUT2D eigenvalue weighted by Crippen LogP contribution is -2.22. The molecule has 0 aliphatic heterocycles. The Morgan fingerprint density at radius 1 is 1.24 bits per heavy atom. The van der Waals surface area contributed by atoms with Crippen molar-refractivity contribution in [2.24, 2.45) is 0 Å². The van der Waals surface area contributed by atoms with E-state index in [9.17, 15) is 5.11 Å². The topological polar surface area (TPSA) is 60.4 Å². The Kier molecular flexibility index (Phi) is 4.02. The van der Waals surface area contributed by atoms with E-state index in [0.29, 0.717) is 6.54 Å². The number of aliphatic hydroxyl groups is 1. The smallest absolute Gasteiger partial charge is 0.133 e. The molecule has 1 atom stereocenters. The molecule has 0 radical (unpaired) electrons. The highest BCUT2D eigenvalue weighted by molar-refractivity contribution is 5.58. The standard InChI is InChI=1S/C16H16N2O3/c19-14(10-18-8-7-17-12-18)11-21-15-5-3-13(4-6-15)16-2-1-9-20-16/h1-9,12,14,19H,10-11H2. The summed E-state index contributed by atoms with van der Waals surface area (Å²) in [6, 6.07) is 11.3. The molecule has 0 saturated carbocycles. The van der Waals surface area contributed by atoms with Crippen LogP contribution in [0.4, 0.5) is 0 Å². The number of imidazole rings is 1. The maximum Gasteiger partial charge on any atom is 0.133 e. The Bertz CT molecular complexity index is 645. The van der Waals surface area contributed by atoms with Crippen molar-refractivity contribution in [3.8, 4) is 17.1 Å². The summed E-state index contributed by atoms with van der Waals surface area (Å²) in [5.74, 6) is 1.54. The number of hydrogen-bond donors (Lipinski definition) is 1. The van der Waals surface area contributed by atoms with Gasteiger partial charge in [-0.25, -0.2) is 4.98 Å². The minimum atomic E-state index is -0.580. The summed E-state index contributed by atoms with van der Waals surface area (Å²) >= 11 is 0. The number of furan rings is 1. The summed E-state index contributed by atoms with van der Waals surface area (Å²) < 4.78 is 12.7. The molecule has 0 bridgehead atoms. The van der Waals surface area contributed by atoms with Crippen molar-refractivity contribution in [1.82, 2.24) is 9.55 Å². The van der Waals surface area contributed by atoms with Gasteiger partial charge in [-0.2, -0.15) is 0 Å². The number of aromatic nitrogens is 2. The van der Waals surface area contributed by atoms with Gasteiger partial charge in [-0.3, -0.25) is 0 Å². The van der Waals surface area contributed by atoms with Gasteiger partial charge in [-0.05, 0) is 36.4 Å². The van der Waals surface area contributed by atoms with Crippen molar-refractivity contribution in [1.29, 1.82) is 0 Å². The van der Waals surface area contributed by atoms with Gasteiger partial charge in [0.2, 0.25) is 0 Å². The van der Waals surface area contributed by atoms with Crippen LogP contribution in [0.25, 0.3) is 11.3 Å². The van der Waals surface area contributed by atoms with E-state index in [0.717, 1.165) is 17.1 Å². The molecular weight excluding hydrogens is 268 g/mol. The molecule has 0 aliphatic rings. The van der Waals surface area contributed by atoms with Gasteiger partial charge in [0.15, 0.2) is 0 Å². The van der Waals surface area contributed by atoms with Crippen LogP contribution in [0.3, 0.4) is 0 Å². The molecule has 2 aromatic heterocycles. The SMILES string of the molecule is OC(COc1ccc(-c2ccco2)cc1)Cn1ccnc1. The van der Waals surface area contributed by atoms with E-state index in [1.54, 1.807) is 25.0 Å². The van der Waals surface area contributed by atoms with Gasteiger partial charge in [-0.1, -0.05) is 0 Å². The molecule has 1 unspecified atom stereocenters. The van der Waals surface area contributed by atoms with E-state index < -0.39 is 6.10 Å². The highest BCUT2D eigenvalue weighted by Gasteiger charge is 2.07. The summed E-state index contributed by atoms with van der Waals surface area (Å²) in [5, 5.41) is 9.90. The van der Waals surface area contributed by atoms with Crippen LogP contribution in [0.2, 0.25) is 0 Å². The largest absolute Gasteiger partial charge is 0.491 e. The molecule has 3 aromatic rings. The number of aliphatic hydroxyl groups excluding tert-OH is 1. The Morgan fingerprint density at radius 3 is 2.76 bits per heavy atom. The predicted octanol–water partition coefficient (Wildman–Crippen LogP) is 2.58. The number of hydrogen-bond acceptors (Lipinski definition) is 4. The fraction of sp³-hybridized carbons (Fsp3) is 0.188. The first kappa shape index (κ1) is 13.5. The third-order valence-corrected chi connectivity index (χ3v) is 3.08. The van der Waals surface area contributed by atoms with E-state index in [-0.39, 0.29) is 6.61 Å². The quantitative estimate of drug-likeness (QED) is 0.755. The average Bonchev–Trinajstić information content (AvgIpc) is 3.19. The normalized spacial score (nSPS) is 12.2. The second-order valence-electron chi connectivity index (χ2n) is 4.73. The third-order valence-electron chi connectivity index (χ3n) is 3.08. The lowest BCUT2D eigenvalue weighted by molar-refractivity contribution is 0.0925. The van der Waals surface area contributed by atoms with Crippen molar-refractivity contribution in [2.45, 2.75) is 12.6 Å². The first-order chi connectivity index (χ1) is 10.3. The molecule has 1 aromatic carbocycles. The Balaban J connectivity index is 1.53. The van der Waals surface area contributed by atoms with Crippen molar-refractivity contribution in [3.05, 3.63) is 61.4 Å². The summed E-state index contributed by atoms with van der Waals surface area (Å²) in [7, 11) is 0. The molecule has 5 nitrogen and oxygen atoms in total. The van der Waals surface area contributed by atoms with Crippen LogP contribution in [0, 0.1) is 0 Å². The van der Waals surface area contributed by atoms with Gasteiger partial charge in [0.25, 0.3) is 0 Å². The van der Waals surface area contributed by atoms with Crippen molar-refractivity contribution in [3.63, 3.8) is 0 Å². The Hall–Kier alpha value is -2.53. The number of ether oxygens (including phenoxy) is 1. The number of benzene rings is 1. The van der Waals surface area contributed by atoms with E-state index in [1.807, 2.05) is 41.0 Å². The Morgan fingerprint density at radius 2 is 2.10 bits per heavy atom. The van der Waals surface area contributed by atoms with Crippen LogP contribution in [0.1, 0.15) is 0 Å². The summed E-state index contributed by atoms with van der Waals surface area (Å²) in [5.41, 5.74) is 0.992. The summed E-state index contributed by atoms with van der Waals surface area (Å²) in [6.07, 6.45) is 6.22. The van der Waals surface area contributed by atoms with Gasteiger partial charge >= 0.3 is 0 Å². The molecule has 0 saturated heterocycles. The molecule has 108 valence electrons. The van der Waals surface area contributed by atoms with Gasteiger partial charge in [-0.15, -0.1) is 0 Å². The van der Waals surface area contributed by atoms with E-state index in [1.165, 1.54) is 0 Å². The second kappa shape index (κ2) is 6.28. The summed E-state index contributed by atoms with van der Waals surface area (Å²) in [6.45, 7) is 0.697. The number of nitrogens with zero attached hydrogens (tertiary/aromatic N) is 2. The molecule has 5 heteroatoms. The first-order valence-corrected chi connectivity index (χ1v) is 6.72. The van der Waals surface area contributed by atoms with Gasteiger partial charge in [0.1, 0.15) is 24.2 Å². The number of rotatable bonds is 6. The van der Waals surface area contributed by atoms with Crippen molar-refractivity contribution >= 4 is 0 Å². The van der Waals surface area contributed by atoms with Crippen LogP contribution in [-0.4, -0.2) is 27.4 Å². The van der Waals surface area contributed by atoms with Crippen LogP contribution >= 0.6 is 0 Å². The minimum absolute atomic E-state index is 0.234. The van der Waals surface area contributed by atoms with Crippen LogP contribution in [0.15, 0.2) is 65.8 Å². The summed E-state index contributed by atoms with van der Waals surface area (Å²) in [4.78, 5) is 3.93. The third kappa shape index (κ3) is 3.52. The van der Waals surface area contributed by atoms with Gasteiger partial charge in [0, 0.05) is 18.0 Å². The van der Waals surface area contributed by atoms with Gasteiger partial charge in [0.05, 0.1) is 19.1 Å². The molecule has 0 spiro atoms. The second-order valence-corrected chi connectivity index (χ2v) is 4.73. The highest BCUT2D eigenvalue weighted by Crippen LogP contribution is 2.22. The van der Waals surface area contributed by atoms with Crippen LogP contribution < -0.4 is 4.74 Å². The van der Waals surface area contributed by atoms with E-state index in [4.69, 9.17) is 9.15 Å². The monoisotopic (exact) mass is 284 g/mol. The lowest BCUT2D eigenvalue weighted by Gasteiger charge is -2.13. The molecule has 0 amide bonds. The first-order valence-electron chi connectivity index (χ1n) is 6.72. The lowest BCUT2D eigenvalue weighted by atomic mass is 10.2. The molecule has 2 heterocycles. The molecular formula is C16H16N2O3. The zero-order valence-corrected chi connectivity index (χ0v) is 11.4. The van der Waals surface area contributed by atoms with Gasteiger partial charge < -0.3 is 18.8 Å². The fourth-order valence-electron chi connectivity index (χ4n) is 2.04. The minimum Gasteiger partial charge on any atom is -0.491 e. The Labute approximate surface area is 122 Å². The van der Waals surface area contributed by atoms with Crippen molar-refractivity contribution in [2.75, 3.05) is 6.61 Å².